The Morgan fingerprint density at radius 2 is 1.79 bits per heavy atom. The van der Waals surface area contributed by atoms with Gasteiger partial charge in [-0.25, -0.2) is 0 Å². The van der Waals surface area contributed by atoms with E-state index in [1.165, 1.54) is 36.8 Å². The predicted molar refractivity (Wildman–Crippen MR) is 113 cm³/mol. The van der Waals surface area contributed by atoms with Gasteiger partial charge in [-0.05, 0) is 60.5 Å². The number of thiocarbonyl (C=S) groups is 1. The van der Waals surface area contributed by atoms with Crippen molar-refractivity contribution < 1.29 is 14.2 Å². The van der Waals surface area contributed by atoms with Crippen molar-refractivity contribution >= 4 is 17.3 Å². The van der Waals surface area contributed by atoms with E-state index in [0.29, 0.717) is 19.4 Å². The molecule has 0 atom stereocenters. The number of fused-ring (bicyclic) bond motifs is 1. The van der Waals surface area contributed by atoms with E-state index < -0.39 is 0 Å². The van der Waals surface area contributed by atoms with Gasteiger partial charge >= 0.3 is 0 Å². The quantitative estimate of drug-likeness (QED) is 0.734. The zero-order valence-electron chi connectivity index (χ0n) is 16.1. The van der Waals surface area contributed by atoms with Crippen molar-refractivity contribution in [1.82, 2.24) is 10.2 Å². The molecule has 5 nitrogen and oxygen atoms in total. The van der Waals surface area contributed by atoms with Gasteiger partial charge in [-0.15, -0.1) is 0 Å². The monoisotopic (exact) mass is 398 g/mol. The fourth-order valence-electron chi connectivity index (χ4n) is 3.84. The molecule has 0 aromatic heterocycles. The Morgan fingerprint density at radius 1 is 1.07 bits per heavy atom. The molecule has 28 heavy (non-hydrogen) atoms. The largest absolute Gasteiger partial charge is 0.497 e. The Morgan fingerprint density at radius 3 is 2.54 bits per heavy atom. The van der Waals surface area contributed by atoms with Gasteiger partial charge in [0.1, 0.15) is 5.75 Å². The molecule has 1 fully saturated rings. The van der Waals surface area contributed by atoms with E-state index >= 15 is 0 Å². The molecule has 4 rings (SSSR count). The number of nitrogens with zero attached hydrogens (tertiary/aromatic N) is 1. The lowest BCUT2D eigenvalue weighted by Crippen LogP contribution is -2.44. The summed E-state index contributed by atoms with van der Waals surface area (Å²) >= 11 is 5.79. The molecule has 2 aliphatic rings. The lowest BCUT2D eigenvalue weighted by atomic mass is 10.1. The van der Waals surface area contributed by atoms with E-state index in [1.807, 2.05) is 18.2 Å². The molecular formula is C22H26N2O3S. The van der Waals surface area contributed by atoms with E-state index in [-0.39, 0.29) is 0 Å². The van der Waals surface area contributed by atoms with E-state index in [4.69, 9.17) is 26.4 Å². The van der Waals surface area contributed by atoms with E-state index in [1.54, 1.807) is 7.11 Å². The smallest absolute Gasteiger partial charge is 0.231 e. The van der Waals surface area contributed by atoms with Crippen LogP contribution in [0.1, 0.15) is 36.8 Å². The van der Waals surface area contributed by atoms with Gasteiger partial charge < -0.3 is 24.4 Å². The van der Waals surface area contributed by atoms with Crippen LogP contribution in [0, 0.1) is 0 Å². The Hall–Kier alpha value is -2.47. The van der Waals surface area contributed by atoms with Crippen LogP contribution in [0.25, 0.3) is 0 Å². The average Bonchev–Trinajstić information content (AvgIpc) is 3.42. The fourth-order valence-corrected chi connectivity index (χ4v) is 4.13. The molecule has 0 amide bonds. The number of benzene rings is 2. The van der Waals surface area contributed by atoms with Crippen LogP contribution in [0.15, 0.2) is 42.5 Å². The Labute approximate surface area is 171 Å². The molecule has 2 aromatic rings. The highest BCUT2D eigenvalue weighted by Crippen LogP contribution is 2.33. The van der Waals surface area contributed by atoms with Crippen LogP contribution < -0.4 is 19.5 Å². The zero-order valence-corrected chi connectivity index (χ0v) is 17.0. The molecule has 0 bridgehead atoms. The molecule has 0 spiro atoms. The van der Waals surface area contributed by atoms with Gasteiger partial charge in [0.15, 0.2) is 16.6 Å². The molecule has 0 unspecified atom stereocenters. The maximum atomic E-state index is 5.79. The molecule has 2 aromatic carbocycles. The molecule has 1 aliphatic heterocycles. The van der Waals surface area contributed by atoms with Crippen LogP contribution in [0.2, 0.25) is 0 Å². The van der Waals surface area contributed by atoms with Crippen LogP contribution in [-0.2, 0) is 13.1 Å². The number of rotatable bonds is 6. The molecule has 1 heterocycles. The summed E-state index contributed by atoms with van der Waals surface area (Å²) in [6.07, 6.45) is 4.91. The van der Waals surface area contributed by atoms with Crippen LogP contribution in [-0.4, -0.2) is 30.0 Å². The van der Waals surface area contributed by atoms with Crippen molar-refractivity contribution in [3.63, 3.8) is 0 Å². The summed E-state index contributed by atoms with van der Waals surface area (Å²) in [5.74, 6) is 2.50. The second kappa shape index (κ2) is 8.69. The SMILES string of the molecule is COc1ccc(CNC(=S)N(Cc2ccc3c(c2)OCO3)C2CCCC2)cc1. The molecule has 1 aliphatic carbocycles. The average molecular weight is 399 g/mol. The van der Waals surface area contributed by atoms with E-state index in [2.05, 4.69) is 34.5 Å². The van der Waals surface area contributed by atoms with E-state index in [9.17, 15) is 0 Å². The summed E-state index contributed by atoms with van der Waals surface area (Å²) in [5, 5.41) is 4.25. The third-order valence-corrected chi connectivity index (χ3v) is 5.80. The van der Waals surface area contributed by atoms with Gasteiger partial charge in [0.05, 0.1) is 7.11 Å². The van der Waals surface area contributed by atoms with Crippen molar-refractivity contribution in [2.75, 3.05) is 13.9 Å². The lowest BCUT2D eigenvalue weighted by molar-refractivity contribution is 0.174. The fraction of sp³-hybridized carbons (Fsp3) is 0.409. The Kier molecular flexibility index (Phi) is 5.86. The number of hydrogen-bond donors (Lipinski definition) is 1. The standard InChI is InChI=1S/C22H26N2O3S/c1-25-19-9-6-16(7-10-19)13-23-22(28)24(18-4-2-3-5-18)14-17-8-11-20-21(12-17)27-15-26-20/h6-12,18H,2-5,13-15H2,1H3,(H,23,28). The predicted octanol–water partition coefficient (Wildman–Crippen LogP) is 4.24. The third kappa shape index (κ3) is 4.33. The topological polar surface area (TPSA) is 43.0 Å². The first-order valence-corrected chi connectivity index (χ1v) is 10.2. The summed E-state index contributed by atoms with van der Waals surface area (Å²) in [6, 6.07) is 14.7. The van der Waals surface area contributed by atoms with Gasteiger partial charge in [-0.2, -0.15) is 0 Å². The van der Waals surface area contributed by atoms with Crippen molar-refractivity contribution in [2.45, 2.75) is 44.8 Å². The van der Waals surface area contributed by atoms with Gasteiger partial charge in [0.2, 0.25) is 6.79 Å². The Balaban J connectivity index is 1.43. The summed E-state index contributed by atoms with van der Waals surface area (Å²) in [5.41, 5.74) is 2.36. The minimum absolute atomic E-state index is 0.299. The molecular weight excluding hydrogens is 372 g/mol. The van der Waals surface area contributed by atoms with Crippen LogP contribution in [0.5, 0.6) is 17.2 Å². The third-order valence-electron chi connectivity index (χ3n) is 5.42. The summed E-state index contributed by atoms with van der Waals surface area (Å²) in [6.45, 7) is 1.77. The summed E-state index contributed by atoms with van der Waals surface area (Å²) < 4.78 is 16.2. The second-order valence-corrected chi connectivity index (χ2v) is 7.65. The zero-order chi connectivity index (χ0) is 19.3. The normalized spacial score (nSPS) is 15.5. The summed E-state index contributed by atoms with van der Waals surface area (Å²) in [7, 11) is 1.68. The lowest BCUT2D eigenvalue weighted by Gasteiger charge is -2.32. The first-order valence-electron chi connectivity index (χ1n) is 9.79. The van der Waals surface area contributed by atoms with Crippen LogP contribution >= 0.6 is 12.2 Å². The van der Waals surface area contributed by atoms with Gasteiger partial charge in [0, 0.05) is 19.1 Å². The van der Waals surface area contributed by atoms with Crippen LogP contribution in [0.3, 0.4) is 0 Å². The number of hydrogen-bond acceptors (Lipinski definition) is 4. The highest BCUT2D eigenvalue weighted by molar-refractivity contribution is 7.80. The van der Waals surface area contributed by atoms with Gasteiger partial charge in [-0.1, -0.05) is 31.0 Å². The molecule has 148 valence electrons. The highest BCUT2D eigenvalue weighted by atomic mass is 32.1. The second-order valence-electron chi connectivity index (χ2n) is 7.26. The van der Waals surface area contributed by atoms with Gasteiger partial charge in [0.25, 0.3) is 0 Å². The minimum atomic E-state index is 0.299. The van der Waals surface area contributed by atoms with Crippen molar-refractivity contribution in [2.24, 2.45) is 0 Å². The van der Waals surface area contributed by atoms with Gasteiger partial charge in [-0.3, -0.25) is 0 Å². The maximum Gasteiger partial charge on any atom is 0.231 e. The molecule has 1 saturated carbocycles. The molecule has 1 N–H and O–H groups in total. The number of methoxy groups -OCH3 is 1. The highest BCUT2D eigenvalue weighted by Gasteiger charge is 2.25. The van der Waals surface area contributed by atoms with Crippen molar-refractivity contribution in [3.05, 3.63) is 53.6 Å². The van der Waals surface area contributed by atoms with Crippen LogP contribution in [0.4, 0.5) is 0 Å². The number of nitrogens with one attached hydrogen (secondary N) is 1. The van der Waals surface area contributed by atoms with Crippen molar-refractivity contribution in [3.8, 4) is 17.2 Å². The first-order chi connectivity index (χ1) is 13.7. The van der Waals surface area contributed by atoms with Crippen molar-refractivity contribution in [1.29, 1.82) is 0 Å². The summed E-state index contributed by atoms with van der Waals surface area (Å²) in [4.78, 5) is 2.34. The maximum absolute atomic E-state index is 5.79. The minimum Gasteiger partial charge on any atom is -0.497 e. The molecule has 0 saturated heterocycles. The number of ether oxygens (including phenoxy) is 3. The van der Waals surface area contributed by atoms with E-state index in [0.717, 1.165) is 28.9 Å². The molecule has 6 heteroatoms. The Bertz CT molecular complexity index is 819. The molecule has 0 radical (unpaired) electrons. The first kappa shape index (κ1) is 18.9.